The zero-order chi connectivity index (χ0) is 17.9. The number of piperazine rings is 1. The van der Waals surface area contributed by atoms with Crippen LogP contribution in [0.1, 0.15) is 0 Å². The van der Waals surface area contributed by atoms with E-state index in [1.165, 1.54) is 0 Å². The number of nitrogens with zero attached hydrogens (tertiary/aromatic N) is 3. The second kappa shape index (κ2) is 7.27. The lowest BCUT2D eigenvalue weighted by molar-refractivity contribution is -0.117. The van der Waals surface area contributed by atoms with Crippen LogP contribution < -0.4 is 5.32 Å². The van der Waals surface area contributed by atoms with E-state index in [4.69, 9.17) is 4.42 Å². The van der Waals surface area contributed by atoms with Crippen LogP contribution in [-0.2, 0) is 4.79 Å². The van der Waals surface area contributed by atoms with E-state index in [9.17, 15) is 4.79 Å². The van der Waals surface area contributed by atoms with E-state index >= 15 is 0 Å². The van der Waals surface area contributed by atoms with E-state index in [1.54, 1.807) is 0 Å². The number of rotatable bonds is 4. The van der Waals surface area contributed by atoms with Gasteiger partial charge in [0.1, 0.15) is 5.52 Å². The fourth-order valence-electron chi connectivity index (χ4n) is 3.10. The van der Waals surface area contributed by atoms with Crippen LogP contribution in [0.25, 0.3) is 22.6 Å². The maximum Gasteiger partial charge on any atom is 0.238 e. The van der Waals surface area contributed by atoms with Crippen molar-refractivity contribution in [2.75, 3.05) is 45.1 Å². The van der Waals surface area contributed by atoms with Crippen molar-refractivity contribution in [1.82, 2.24) is 14.8 Å². The highest BCUT2D eigenvalue weighted by molar-refractivity contribution is 5.92. The molecule has 2 heterocycles. The molecule has 1 aromatic heterocycles. The first-order valence-electron chi connectivity index (χ1n) is 8.84. The second-order valence-corrected chi connectivity index (χ2v) is 6.69. The van der Waals surface area contributed by atoms with Crippen molar-refractivity contribution in [3.8, 4) is 11.5 Å². The third kappa shape index (κ3) is 3.76. The molecule has 26 heavy (non-hydrogen) atoms. The van der Waals surface area contributed by atoms with Crippen LogP contribution in [0.2, 0.25) is 0 Å². The molecule has 1 saturated heterocycles. The van der Waals surface area contributed by atoms with Crippen LogP contribution in [-0.4, -0.2) is 60.5 Å². The summed E-state index contributed by atoms with van der Waals surface area (Å²) >= 11 is 0. The van der Waals surface area contributed by atoms with E-state index in [-0.39, 0.29) is 5.91 Å². The fraction of sp³-hybridized carbons (Fsp3) is 0.300. The van der Waals surface area contributed by atoms with E-state index in [1.807, 2.05) is 48.5 Å². The predicted molar refractivity (Wildman–Crippen MR) is 102 cm³/mol. The van der Waals surface area contributed by atoms with Gasteiger partial charge in [-0.25, -0.2) is 4.98 Å². The molecular formula is C20H22N4O2. The minimum atomic E-state index is 0.0177. The zero-order valence-electron chi connectivity index (χ0n) is 14.8. The number of carbonyl (C=O) groups is 1. The van der Waals surface area contributed by atoms with Crippen LogP contribution in [0.15, 0.2) is 52.9 Å². The number of benzene rings is 2. The Labute approximate surface area is 152 Å². The lowest BCUT2D eigenvalue weighted by Crippen LogP contribution is -2.47. The van der Waals surface area contributed by atoms with Crippen molar-refractivity contribution in [2.45, 2.75) is 0 Å². The van der Waals surface area contributed by atoms with E-state index in [2.05, 4.69) is 27.1 Å². The molecule has 0 bridgehead atoms. The van der Waals surface area contributed by atoms with Gasteiger partial charge in [0.15, 0.2) is 5.58 Å². The SMILES string of the molecule is CN1CCN(CC(=O)Nc2ccc(-c3nc4ccccc4o3)cc2)CC1. The van der Waals surface area contributed by atoms with Crippen molar-refractivity contribution in [3.05, 3.63) is 48.5 Å². The Morgan fingerprint density at radius 2 is 1.81 bits per heavy atom. The summed E-state index contributed by atoms with van der Waals surface area (Å²) in [5, 5.41) is 2.96. The third-order valence-electron chi connectivity index (χ3n) is 4.67. The first-order chi connectivity index (χ1) is 12.7. The summed E-state index contributed by atoms with van der Waals surface area (Å²) in [6, 6.07) is 15.3. The Morgan fingerprint density at radius 3 is 2.54 bits per heavy atom. The van der Waals surface area contributed by atoms with Crippen molar-refractivity contribution >= 4 is 22.7 Å². The number of carbonyl (C=O) groups excluding carboxylic acids is 1. The van der Waals surface area contributed by atoms with Gasteiger partial charge < -0.3 is 14.6 Å². The summed E-state index contributed by atoms with van der Waals surface area (Å²) in [7, 11) is 2.11. The number of amides is 1. The highest BCUT2D eigenvalue weighted by Gasteiger charge is 2.16. The van der Waals surface area contributed by atoms with Gasteiger partial charge in [0.2, 0.25) is 11.8 Å². The van der Waals surface area contributed by atoms with Crippen LogP contribution in [0, 0.1) is 0 Å². The van der Waals surface area contributed by atoms with E-state index < -0.39 is 0 Å². The van der Waals surface area contributed by atoms with Gasteiger partial charge in [-0.1, -0.05) is 12.1 Å². The average Bonchev–Trinajstić information content (AvgIpc) is 3.08. The number of hydrogen-bond donors (Lipinski definition) is 1. The molecule has 6 heteroatoms. The fourth-order valence-corrected chi connectivity index (χ4v) is 3.10. The van der Waals surface area contributed by atoms with Crippen molar-refractivity contribution < 1.29 is 9.21 Å². The number of likely N-dealkylation sites (N-methyl/N-ethyl adjacent to an activating group) is 1. The van der Waals surface area contributed by atoms with Gasteiger partial charge in [0.05, 0.1) is 6.54 Å². The molecule has 1 amide bonds. The number of oxazole rings is 1. The second-order valence-electron chi connectivity index (χ2n) is 6.69. The van der Waals surface area contributed by atoms with Crippen molar-refractivity contribution in [1.29, 1.82) is 0 Å². The smallest absolute Gasteiger partial charge is 0.238 e. The lowest BCUT2D eigenvalue weighted by Gasteiger charge is -2.31. The molecule has 3 aromatic rings. The quantitative estimate of drug-likeness (QED) is 0.784. The van der Waals surface area contributed by atoms with Crippen molar-refractivity contribution in [3.63, 3.8) is 0 Å². The van der Waals surface area contributed by atoms with Gasteiger partial charge in [-0.3, -0.25) is 9.69 Å². The Morgan fingerprint density at radius 1 is 1.08 bits per heavy atom. The molecule has 1 aliphatic rings. The minimum absolute atomic E-state index is 0.0177. The molecular weight excluding hydrogens is 328 g/mol. The van der Waals surface area contributed by atoms with Gasteiger partial charge in [-0.05, 0) is 43.4 Å². The van der Waals surface area contributed by atoms with Crippen LogP contribution in [0.5, 0.6) is 0 Å². The summed E-state index contributed by atoms with van der Waals surface area (Å²) in [6.45, 7) is 4.31. The maximum atomic E-state index is 12.2. The predicted octanol–water partition coefficient (Wildman–Crippen LogP) is 2.68. The van der Waals surface area contributed by atoms with E-state index in [0.717, 1.165) is 48.5 Å². The number of anilines is 1. The van der Waals surface area contributed by atoms with Gasteiger partial charge >= 0.3 is 0 Å². The minimum Gasteiger partial charge on any atom is -0.436 e. The van der Waals surface area contributed by atoms with Crippen LogP contribution >= 0.6 is 0 Å². The van der Waals surface area contributed by atoms with Gasteiger partial charge in [0, 0.05) is 37.4 Å². The Kier molecular flexibility index (Phi) is 4.69. The highest BCUT2D eigenvalue weighted by atomic mass is 16.3. The lowest BCUT2D eigenvalue weighted by atomic mass is 10.2. The summed E-state index contributed by atoms with van der Waals surface area (Å²) in [5.74, 6) is 0.602. The topological polar surface area (TPSA) is 61.6 Å². The standard InChI is InChI=1S/C20H22N4O2/c1-23-10-12-24(13-11-23)14-19(25)21-16-8-6-15(7-9-16)20-22-17-4-2-3-5-18(17)26-20/h2-9H,10-14H2,1H3,(H,21,25). The van der Waals surface area contributed by atoms with Gasteiger partial charge in [-0.2, -0.15) is 0 Å². The first-order valence-corrected chi connectivity index (χ1v) is 8.84. The average molecular weight is 350 g/mol. The molecule has 0 saturated carbocycles. The largest absolute Gasteiger partial charge is 0.436 e. The summed E-state index contributed by atoms with van der Waals surface area (Å²) in [6.07, 6.45) is 0. The summed E-state index contributed by atoms with van der Waals surface area (Å²) < 4.78 is 5.78. The van der Waals surface area contributed by atoms with Gasteiger partial charge in [0.25, 0.3) is 0 Å². The number of nitrogens with one attached hydrogen (secondary N) is 1. The molecule has 0 unspecified atom stereocenters. The normalized spacial score (nSPS) is 16.0. The maximum absolute atomic E-state index is 12.2. The molecule has 1 fully saturated rings. The molecule has 6 nitrogen and oxygen atoms in total. The zero-order valence-corrected chi connectivity index (χ0v) is 14.8. The van der Waals surface area contributed by atoms with E-state index in [0.29, 0.717) is 12.4 Å². The summed E-state index contributed by atoms with van der Waals surface area (Å²) in [5.41, 5.74) is 3.28. The Bertz CT molecular complexity index is 863. The molecule has 0 atom stereocenters. The highest BCUT2D eigenvalue weighted by Crippen LogP contribution is 2.25. The first kappa shape index (κ1) is 16.8. The molecule has 0 spiro atoms. The van der Waals surface area contributed by atoms with Crippen LogP contribution in [0.4, 0.5) is 5.69 Å². The number of para-hydroxylation sites is 2. The molecule has 1 aliphatic heterocycles. The molecule has 4 rings (SSSR count). The third-order valence-corrected chi connectivity index (χ3v) is 4.67. The van der Waals surface area contributed by atoms with Crippen molar-refractivity contribution in [2.24, 2.45) is 0 Å². The summed E-state index contributed by atoms with van der Waals surface area (Å²) in [4.78, 5) is 21.2. The molecule has 1 N–H and O–H groups in total. The van der Waals surface area contributed by atoms with Crippen LogP contribution in [0.3, 0.4) is 0 Å². The van der Waals surface area contributed by atoms with Gasteiger partial charge in [-0.15, -0.1) is 0 Å². The molecule has 0 aliphatic carbocycles. The monoisotopic (exact) mass is 350 g/mol. The molecule has 2 aromatic carbocycles. The Hall–Kier alpha value is -2.70. The number of fused-ring (bicyclic) bond motifs is 1. The Balaban J connectivity index is 1.38. The molecule has 134 valence electrons. The number of hydrogen-bond acceptors (Lipinski definition) is 5. The number of aromatic nitrogens is 1. The molecule has 0 radical (unpaired) electrons.